The van der Waals surface area contributed by atoms with Gasteiger partial charge in [-0.1, -0.05) is 43.3 Å². The summed E-state index contributed by atoms with van der Waals surface area (Å²) in [7, 11) is 2.04. The first-order valence-electron chi connectivity index (χ1n) is 11.8. The number of esters is 1. The van der Waals surface area contributed by atoms with Crippen molar-refractivity contribution in [2.45, 2.75) is 45.3 Å². The summed E-state index contributed by atoms with van der Waals surface area (Å²) in [5, 5.41) is 0.780. The van der Waals surface area contributed by atoms with Crippen LogP contribution in [0.25, 0.3) is 10.9 Å². The topological polar surface area (TPSA) is 62.7 Å². The van der Waals surface area contributed by atoms with Crippen LogP contribution in [0.3, 0.4) is 0 Å². The molecule has 6 nitrogen and oxygen atoms in total. The Labute approximate surface area is 194 Å². The number of carbonyl (C=O) groups is 2. The first-order valence-corrected chi connectivity index (χ1v) is 11.8. The Hall–Kier alpha value is -3.25. The van der Waals surface area contributed by atoms with Crippen LogP contribution in [-0.2, 0) is 28.9 Å². The van der Waals surface area contributed by atoms with Crippen molar-refractivity contribution in [3.63, 3.8) is 0 Å². The highest BCUT2D eigenvalue weighted by molar-refractivity contribution is 6.07. The van der Waals surface area contributed by atoms with Gasteiger partial charge in [-0.2, -0.15) is 0 Å². The maximum absolute atomic E-state index is 13.6. The highest BCUT2D eigenvalue weighted by Gasteiger charge is 2.32. The Morgan fingerprint density at radius 2 is 1.85 bits per heavy atom. The Kier molecular flexibility index (Phi) is 5.85. The standard InChI is InChI=1S/C27H29N3O3/c1-3-24(26(31)30-15-8-10-18-9-4-7-13-23(18)30)33-27(32)25-19-11-5-6-12-21(19)28-22-14-16-29(2)17-20(22)25/h4-7,9,11-13,24H,3,8,10,14-17H2,1-2H3. The van der Waals surface area contributed by atoms with Gasteiger partial charge in [0, 0.05) is 48.4 Å². The Bertz CT molecular complexity index is 1220. The molecule has 2 aromatic carbocycles. The third kappa shape index (κ3) is 4.00. The van der Waals surface area contributed by atoms with Gasteiger partial charge in [-0.3, -0.25) is 9.78 Å². The van der Waals surface area contributed by atoms with Gasteiger partial charge in [0.05, 0.1) is 11.1 Å². The zero-order valence-corrected chi connectivity index (χ0v) is 19.2. The van der Waals surface area contributed by atoms with Crippen LogP contribution in [-0.4, -0.2) is 48.0 Å². The Morgan fingerprint density at radius 1 is 1.06 bits per heavy atom. The number of rotatable bonds is 4. The summed E-state index contributed by atoms with van der Waals surface area (Å²) in [6.07, 6.45) is 2.25. The third-order valence-electron chi connectivity index (χ3n) is 6.71. The Balaban J connectivity index is 1.48. The number of hydrogen-bond donors (Lipinski definition) is 0. The van der Waals surface area contributed by atoms with Crippen LogP contribution < -0.4 is 4.90 Å². The number of aryl methyl sites for hydroxylation is 1. The lowest BCUT2D eigenvalue weighted by atomic mass is 9.96. The minimum absolute atomic E-state index is 0.151. The average molecular weight is 444 g/mol. The number of anilines is 1. The molecule has 2 aliphatic heterocycles. The Morgan fingerprint density at radius 3 is 2.70 bits per heavy atom. The smallest absolute Gasteiger partial charge is 0.340 e. The molecule has 0 bridgehead atoms. The van der Waals surface area contributed by atoms with Gasteiger partial charge < -0.3 is 14.5 Å². The number of aromatic nitrogens is 1. The fraction of sp³-hybridized carbons (Fsp3) is 0.370. The molecule has 5 rings (SSSR count). The van der Waals surface area contributed by atoms with Gasteiger partial charge in [-0.15, -0.1) is 0 Å². The summed E-state index contributed by atoms with van der Waals surface area (Å²) in [6, 6.07) is 15.7. The van der Waals surface area contributed by atoms with E-state index in [1.165, 1.54) is 0 Å². The zero-order chi connectivity index (χ0) is 22.9. The van der Waals surface area contributed by atoms with E-state index in [9.17, 15) is 9.59 Å². The predicted molar refractivity (Wildman–Crippen MR) is 128 cm³/mol. The molecule has 33 heavy (non-hydrogen) atoms. The number of nitrogens with zero attached hydrogens (tertiary/aromatic N) is 3. The molecule has 3 heterocycles. The minimum atomic E-state index is -0.826. The second kappa shape index (κ2) is 8.94. The number of para-hydroxylation sites is 2. The molecule has 0 fully saturated rings. The van der Waals surface area contributed by atoms with Gasteiger partial charge in [0.25, 0.3) is 5.91 Å². The molecule has 0 saturated carbocycles. The molecular weight excluding hydrogens is 414 g/mol. The van der Waals surface area contributed by atoms with Gasteiger partial charge in [0.2, 0.25) is 0 Å². The summed E-state index contributed by atoms with van der Waals surface area (Å²) in [6.45, 7) is 4.07. The van der Waals surface area contributed by atoms with Gasteiger partial charge >= 0.3 is 5.97 Å². The number of amides is 1. The van der Waals surface area contributed by atoms with Crippen LogP contribution in [0.2, 0.25) is 0 Å². The van der Waals surface area contributed by atoms with Crippen molar-refractivity contribution in [2.24, 2.45) is 0 Å². The molecule has 1 amide bonds. The van der Waals surface area contributed by atoms with Crippen LogP contribution in [0, 0.1) is 0 Å². The molecule has 0 radical (unpaired) electrons. The van der Waals surface area contributed by atoms with Crippen molar-refractivity contribution in [3.05, 3.63) is 70.9 Å². The molecule has 0 saturated heterocycles. The monoisotopic (exact) mass is 443 g/mol. The van der Waals surface area contributed by atoms with Gasteiger partial charge in [0.15, 0.2) is 6.10 Å². The number of pyridine rings is 1. The molecule has 0 aliphatic carbocycles. The molecule has 2 aliphatic rings. The maximum Gasteiger partial charge on any atom is 0.340 e. The number of likely N-dealkylation sites (N-methyl/N-ethyl adjacent to an activating group) is 1. The van der Waals surface area contributed by atoms with Gasteiger partial charge in [-0.25, -0.2) is 4.79 Å². The number of ether oxygens (including phenoxy) is 1. The summed E-state index contributed by atoms with van der Waals surface area (Å²) >= 11 is 0. The van der Waals surface area contributed by atoms with Crippen molar-refractivity contribution in [1.29, 1.82) is 0 Å². The fourth-order valence-corrected chi connectivity index (χ4v) is 4.99. The maximum atomic E-state index is 13.6. The van der Waals surface area contributed by atoms with Crippen LogP contribution in [0.15, 0.2) is 48.5 Å². The van der Waals surface area contributed by atoms with Crippen LogP contribution in [0.4, 0.5) is 5.69 Å². The van der Waals surface area contributed by atoms with Gasteiger partial charge in [0.1, 0.15) is 0 Å². The van der Waals surface area contributed by atoms with E-state index in [2.05, 4.69) is 11.0 Å². The summed E-state index contributed by atoms with van der Waals surface area (Å²) < 4.78 is 5.95. The lowest BCUT2D eigenvalue weighted by Crippen LogP contribution is -2.44. The van der Waals surface area contributed by atoms with Crippen LogP contribution in [0.1, 0.15) is 46.9 Å². The van der Waals surface area contributed by atoms with Crippen molar-refractivity contribution >= 4 is 28.5 Å². The first-order chi connectivity index (χ1) is 16.1. The first kappa shape index (κ1) is 21.6. The molecule has 1 aromatic heterocycles. The lowest BCUT2D eigenvalue weighted by Gasteiger charge is -2.32. The summed E-state index contributed by atoms with van der Waals surface area (Å²) in [5.74, 6) is -0.590. The van der Waals surface area contributed by atoms with Crippen molar-refractivity contribution in [1.82, 2.24) is 9.88 Å². The van der Waals surface area contributed by atoms with Crippen molar-refractivity contribution in [3.8, 4) is 0 Å². The summed E-state index contributed by atoms with van der Waals surface area (Å²) in [4.78, 5) is 35.9. The molecule has 1 unspecified atom stereocenters. The minimum Gasteiger partial charge on any atom is -0.449 e. The van der Waals surface area contributed by atoms with Crippen LogP contribution in [0.5, 0.6) is 0 Å². The lowest BCUT2D eigenvalue weighted by molar-refractivity contribution is -0.127. The second-order valence-corrected chi connectivity index (χ2v) is 8.94. The highest BCUT2D eigenvalue weighted by Crippen LogP contribution is 2.30. The zero-order valence-electron chi connectivity index (χ0n) is 19.2. The molecule has 170 valence electrons. The quantitative estimate of drug-likeness (QED) is 0.567. The normalized spacial score (nSPS) is 16.7. The van der Waals surface area contributed by atoms with E-state index in [1.54, 1.807) is 4.90 Å². The number of benzene rings is 2. The molecular formula is C27H29N3O3. The number of fused-ring (bicyclic) bond motifs is 3. The number of carbonyl (C=O) groups excluding carboxylic acids is 2. The van der Waals surface area contributed by atoms with E-state index in [4.69, 9.17) is 9.72 Å². The molecule has 0 spiro atoms. The van der Waals surface area contributed by atoms with E-state index in [1.807, 2.05) is 56.4 Å². The molecule has 1 atom stereocenters. The molecule has 0 N–H and O–H groups in total. The number of hydrogen-bond acceptors (Lipinski definition) is 5. The van der Waals surface area contributed by atoms with E-state index in [0.717, 1.165) is 59.2 Å². The average Bonchev–Trinajstić information content (AvgIpc) is 2.85. The SMILES string of the molecule is CCC(OC(=O)c1c2c(nc3ccccc13)CCN(C)C2)C(=O)N1CCCc2ccccc21. The molecule has 3 aromatic rings. The fourth-order valence-electron chi connectivity index (χ4n) is 4.99. The second-order valence-electron chi connectivity index (χ2n) is 8.94. The van der Waals surface area contributed by atoms with E-state index in [0.29, 0.717) is 25.1 Å². The van der Waals surface area contributed by atoms with Crippen molar-refractivity contribution in [2.75, 3.05) is 25.0 Å². The van der Waals surface area contributed by atoms with Gasteiger partial charge in [-0.05, 0) is 44.0 Å². The van der Waals surface area contributed by atoms with E-state index in [-0.39, 0.29) is 5.91 Å². The van der Waals surface area contributed by atoms with E-state index >= 15 is 0 Å². The third-order valence-corrected chi connectivity index (χ3v) is 6.71. The van der Waals surface area contributed by atoms with Crippen molar-refractivity contribution < 1.29 is 14.3 Å². The largest absolute Gasteiger partial charge is 0.449 e. The predicted octanol–water partition coefficient (Wildman–Crippen LogP) is 4.14. The van der Waals surface area contributed by atoms with E-state index < -0.39 is 12.1 Å². The highest BCUT2D eigenvalue weighted by atomic mass is 16.5. The van der Waals surface area contributed by atoms with Crippen LogP contribution >= 0.6 is 0 Å². The molecule has 6 heteroatoms. The summed E-state index contributed by atoms with van der Waals surface area (Å²) in [5.41, 5.74) is 5.29.